The van der Waals surface area contributed by atoms with E-state index in [0.29, 0.717) is 5.92 Å². The topological polar surface area (TPSA) is 12.9 Å². The zero-order chi connectivity index (χ0) is 16.2. The van der Waals surface area contributed by atoms with Gasteiger partial charge in [0, 0.05) is 10.9 Å². The van der Waals surface area contributed by atoms with E-state index in [4.69, 9.17) is 0 Å². The molecule has 1 aromatic heterocycles. The first kappa shape index (κ1) is 15.6. The first-order valence-electron chi connectivity index (χ1n) is 7.61. The highest BCUT2D eigenvalue weighted by Crippen LogP contribution is 2.23. The molecule has 2 aromatic carbocycles. The van der Waals surface area contributed by atoms with Crippen LogP contribution >= 0.6 is 11.3 Å². The van der Waals surface area contributed by atoms with Crippen LogP contribution in [0.2, 0.25) is 0 Å². The molecule has 0 aliphatic carbocycles. The highest BCUT2D eigenvalue weighted by Gasteiger charge is 2.03. The maximum Gasteiger partial charge on any atom is 0.123 e. The summed E-state index contributed by atoms with van der Waals surface area (Å²) in [6.45, 7) is 4.38. The minimum atomic E-state index is -0.228. The molecule has 0 aliphatic rings. The second-order valence-electron chi connectivity index (χ2n) is 5.73. The molecule has 23 heavy (non-hydrogen) atoms. The van der Waals surface area contributed by atoms with Crippen LogP contribution in [-0.4, -0.2) is 4.98 Å². The third-order valence-electron chi connectivity index (χ3n) is 3.68. The highest BCUT2D eigenvalue weighted by molar-refractivity contribution is 7.10. The monoisotopic (exact) mass is 323 g/mol. The van der Waals surface area contributed by atoms with Gasteiger partial charge in [-0.1, -0.05) is 44.2 Å². The van der Waals surface area contributed by atoms with Gasteiger partial charge in [0.2, 0.25) is 0 Å². The molecule has 0 saturated carbocycles. The summed E-state index contributed by atoms with van der Waals surface area (Å²) in [7, 11) is 0. The SMILES string of the molecule is CC(C)c1ccc(/C=C/c2nc(-c3ccc(F)cc3)cs2)cc1. The van der Waals surface area contributed by atoms with Crippen molar-refractivity contribution in [3.63, 3.8) is 0 Å². The fourth-order valence-corrected chi connectivity index (χ4v) is 3.00. The Morgan fingerprint density at radius 2 is 1.65 bits per heavy atom. The van der Waals surface area contributed by atoms with Gasteiger partial charge in [-0.05, 0) is 47.4 Å². The summed E-state index contributed by atoms with van der Waals surface area (Å²) in [4.78, 5) is 4.58. The number of hydrogen-bond donors (Lipinski definition) is 0. The predicted molar refractivity (Wildman–Crippen MR) is 97.0 cm³/mol. The number of aromatic nitrogens is 1. The highest BCUT2D eigenvalue weighted by atomic mass is 32.1. The third-order valence-corrected chi connectivity index (χ3v) is 4.49. The molecule has 0 unspecified atom stereocenters. The lowest BCUT2D eigenvalue weighted by Crippen LogP contribution is -1.85. The van der Waals surface area contributed by atoms with Crippen molar-refractivity contribution in [1.82, 2.24) is 4.98 Å². The third kappa shape index (κ3) is 3.93. The molecule has 3 heteroatoms. The summed E-state index contributed by atoms with van der Waals surface area (Å²) in [5, 5.41) is 2.94. The van der Waals surface area contributed by atoms with Crippen molar-refractivity contribution in [3.8, 4) is 11.3 Å². The van der Waals surface area contributed by atoms with Crippen molar-refractivity contribution < 1.29 is 4.39 Å². The van der Waals surface area contributed by atoms with Gasteiger partial charge in [0.25, 0.3) is 0 Å². The zero-order valence-electron chi connectivity index (χ0n) is 13.2. The van der Waals surface area contributed by atoms with E-state index in [-0.39, 0.29) is 5.82 Å². The molecule has 116 valence electrons. The van der Waals surface area contributed by atoms with Crippen LogP contribution < -0.4 is 0 Å². The average Bonchev–Trinajstić information content (AvgIpc) is 3.03. The van der Waals surface area contributed by atoms with Gasteiger partial charge >= 0.3 is 0 Å². The van der Waals surface area contributed by atoms with Gasteiger partial charge in [0.05, 0.1) is 5.69 Å². The lowest BCUT2D eigenvalue weighted by Gasteiger charge is -2.04. The Bertz CT molecular complexity index is 798. The number of hydrogen-bond acceptors (Lipinski definition) is 2. The molecular weight excluding hydrogens is 305 g/mol. The van der Waals surface area contributed by atoms with Crippen LogP contribution in [0.15, 0.2) is 53.9 Å². The molecule has 0 spiro atoms. The predicted octanol–water partition coefficient (Wildman–Crippen LogP) is 6.24. The Balaban J connectivity index is 1.74. The van der Waals surface area contributed by atoms with E-state index < -0.39 is 0 Å². The molecule has 0 amide bonds. The van der Waals surface area contributed by atoms with Gasteiger partial charge in [0.15, 0.2) is 0 Å². The van der Waals surface area contributed by atoms with E-state index in [1.165, 1.54) is 17.7 Å². The average molecular weight is 323 g/mol. The lowest BCUT2D eigenvalue weighted by molar-refractivity contribution is 0.628. The van der Waals surface area contributed by atoms with Crippen molar-refractivity contribution in [2.75, 3.05) is 0 Å². The van der Waals surface area contributed by atoms with Crippen LogP contribution in [0.4, 0.5) is 4.39 Å². The second-order valence-corrected chi connectivity index (χ2v) is 6.62. The summed E-state index contributed by atoms with van der Waals surface area (Å²) in [5.74, 6) is 0.319. The van der Waals surface area contributed by atoms with E-state index in [9.17, 15) is 4.39 Å². The summed E-state index contributed by atoms with van der Waals surface area (Å²) in [6, 6.07) is 15.0. The normalized spacial score (nSPS) is 11.5. The minimum absolute atomic E-state index is 0.228. The molecule has 1 nitrogen and oxygen atoms in total. The van der Waals surface area contributed by atoms with Crippen molar-refractivity contribution in [2.24, 2.45) is 0 Å². The molecule has 0 radical (unpaired) electrons. The summed E-state index contributed by atoms with van der Waals surface area (Å²) in [5.41, 5.74) is 4.32. The maximum atomic E-state index is 13.0. The Labute approximate surface area is 140 Å². The van der Waals surface area contributed by atoms with E-state index in [1.807, 2.05) is 11.5 Å². The molecule has 3 aromatic rings. The zero-order valence-corrected chi connectivity index (χ0v) is 14.0. The number of benzene rings is 2. The minimum Gasteiger partial charge on any atom is -0.237 e. The number of nitrogens with zero attached hydrogens (tertiary/aromatic N) is 1. The van der Waals surface area contributed by atoms with Crippen molar-refractivity contribution in [1.29, 1.82) is 0 Å². The van der Waals surface area contributed by atoms with Gasteiger partial charge in [-0.3, -0.25) is 0 Å². The Hall–Kier alpha value is -2.26. The van der Waals surface area contributed by atoms with Crippen LogP contribution in [0.25, 0.3) is 23.4 Å². The van der Waals surface area contributed by atoms with Crippen molar-refractivity contribution >= 4 is 23.5 Å². The summed E-state index contributed by atoms with van der Waals surface area (Å²) in [6.07, 6.45) is 4.08. The Morgan fingerprint density at radius 1 is 0.957 bits per heavy atom. The van der Waals surface area contributed by atoms with E-state index >= 15 is 0 Å². The summed E-state index contributed by atoms with van der Waals surface area (Å²) < 4.78 is 13.0. The second kappa shape index (κ2) is 6.88. The molecular formula is C20H18FNS. The van der Waals surface area contributed by atoms with Crippen molar-refractivity contribution in [3.05, 3.63) is 75.9 Å². The Kier molecular flexibility index (Phi) is 4.68. The standard InChI is InChI=1S/C20H18FNS/c1-14(2)16-6-3-15(4-7-16)5-12-20-22-19(13-23-20)17-8-10-18(21)11-9-17/h3-14H,1-2H3/b12-5+. The van der Waals surface area contributed by atoms with E-state index in [0.717, 1.165) is 21.8 Å². The van der Waals surface area contributed by atoms with Crippen LogP contribution in [-0.2, 0) is 0 Å². The smallest absolute Gasteiger partial charge is 0.123 e. The van der Waals surface area contributed by atoms with Crippen molar-refractivity contribution in [2.45, 2.75) is 19.8 Å². The van der Waals surface area contributed by atoms with E-state index in [2.05, 4.69) is 49.2 Å². The fourth-order valence-electron chi connectivity index (χ4n) is 2.28. The van der Waals surface area contributed by atoms with Gasteiger partial charge in [0.1, 0.15) is 10.8 Å². The van der Waals surface area contributed by atoms with Gasteiger partial charge < -0.3 is 0 Å². The molecule has 0 aliphatic heterocycles. The fraction of sp³-hybridized carbons (Fsp3) is 0.150. The lowest BCUT2D eigenvalue weighted by atomic mass is 10.0. The van der Waals surface area contributed by atoms with E-state index in [1.54, 1.807) is 23.5 Å². The molecule has 1 heterocycles. The van der Waals surface area contributed by atoms with Gasteiger partial charge in [-0.15, -0.1) is 11.3 Å². The molecule has 0 saturated heterocycles. The molecule has 0 atom stereocenters. The number of rotatable bonds is 4. The number of thiazole rings is 1. The van der Waals surface area contributed by atoms with Crippen LogP contribution in [0.3, 0.4) is 0 Å². The number of halogens is 1. The first-order chi connectivity index (χ1) is 11.1. The molecule has 0 bridgehead atoms. The quantitative estimate of drug-likeness (QED) is 0.553. The van der Waals surface area contributed by atoms with Crippen LogP contribution in [0.5, 0.6) is 0 Å². The maximum absolute atomic E-state index is 13.0. The van der Waals surface area contributed by atoms with Gasteiger partial charge in [-0.2, -0.15) is 0 Å². The van der Waals surface area contributed by atoms with Gasteiger partial charge in [-0.25, -0.2) is 9.37 Å². The largest absolute Gasteiger partial charge is 0.237 e. The molecule has 0 fully saturated rings. The first-order valence-corrected chi connectivity index (χ1v) is 8.49. The van der Waals surface area contributed by atoms with Crippen LogP contribution in [0, 0.1) is 5.82 Å². The molecule has 3 rings (SSSR count). The summed E-state index contributed by atoms with van der Waals surface area (Å²) >= 11 is 1.58. The molecule has 0 N–H and O–H groups in total. The Morgan fingerprint density at radius 3 is 2.30 bits per heavy atom. The van der Waals surface area contributed by atoms with Crippen LogP contribution in [0.1, 0.15) is 35.9 Å².